The van der Waals surface area contributed by atoms with Gasteiger partial charge in [-0.25, -0.2) is 14.4 Å². The third kappa shape index (κ3) is 4.49. The van der Waals surface area contributed by atoms with Gasteiger partial charge in [0.2, 0.25) is 0 Å². The Balaban J connectivity index is 2.42. The molecule has 0 radical (unpaired) electrons. The molecule has 146 valence electrons. The summed E-state index contributed by atoms with van der Waals surface area (Å²) in [5.74, 6) is -1.16. The molecule has 27 heavy (non-hydrogen) atoms. The largest absolute Gasteiger partial charge is 0.493 e. The van der Waals surface area contributed by atoms with Crippen LogP contribution in [0, 0.1) is 0 Å². The molecule has 9 nitrogen and oxygen atoms in total. The maximum absolute atomic E-state index is 12.3. The molecular weight excluding hydrogens is 356 g/mol. The molecule has 0 spiro atoms. The second-order valence-electron chi connectivity index (χ2n) is 5.80. The number of hydrogen-bond acceptors (Lipinski definition) is 6. The highest BCUT2D eigenvalue weighted by molar-refractivity contribution is 5.95. The Morgan fingerprint density at radius 2 is 2.00 bits per heavy atom. The van der Waals surface area contributed by atoms with Gasteiger partial charge >= 0.3 is 18.0 Å². The first-order valence-corrected chi connectivity index (χ1v) is 8.31. The van der Waals surface area contributed by atoms with Crippen LogP contribution in [0.3, 0.4) is 0 Å². The number of hydrogen-bond donors (Lipinski definition) is 3. The highest BCUT2D eigenvalue weighted by Crippen LogP contribution is 2.35. The molecule has 0 aliphatic carbocycles. The number of rotatable bonds is 7. The van der Waals surface area contributed by atoms with Crippen molar-refractivity contribution in [1.29, 1.82) is 0 Å². The normalized spacial score (nSPS) is 17.5. The number of esters is 1. The molecule has 0 bridgehead atoms. The molecule has 1 aliphatic rings. The maximum Gasteiger partial charge on any atom is 0.344 e. The summed E-state index contributed by atoms with van der Waals surface area (Å²) < 4.78 is 15.7. The summed E-state index contributed by atoms with van der Waals surface area (Å²) in [7, 11) is 1.41. The Morgan fingerprint density at radius 1 is 1.30 bits per heavy atom. The molecule has 0 fully saturated rings. The molecule has 1 heterocycles. The van der Waals surface area contributed by atoms with Crippen LogP contribution in [0.1, 0.15) is 32.4 Å². The van der Waals surface area contributed by atoms with Crippen LogP contribution in [0.15, 0.2) is 29.5 Å². The first kappa shape index (κ1) is 20.1. The zero-order valence-corrected chi connectivity index (χ0v) is 15.5. The van der Waals surface area contributed by atoms with Gasteiger partial charge in [0.1, 0.15) is 0 Å². The van der Waals surface area contributed by atoms with Gasteiger partial charge in [-0.15, -0.1) is 0 Å². The quantitative estimate of drug-likeness (QED) is 0.618. The molecule has 1 aliphatic heterocycles. The van der Waals surface area contributed by atoms with E-state index < -0.39 is 30.1 Å². The summed E-state index contributed by atoms with van der Waals surface area (Å²) in [6, 6.07) is 3.52. The van der Waals surface area contributed by atoms with Crippen molar-refractivity contribution in [3.05, 3.63) is 35.0 Å². The molecule has 0 saturated carbocycles. The number of urea groups is 1. The van der Waals surface area contributed by atoms with E-state index >= 15 is 0 Å². The van der Waals surface area contributed by atoms with Crippen molar-refractivity contribution in [3.63, 3.8) is 0 Å². The summed E-state index contributed by atoms with van der Waals surface area (Å²) in [6.45, 7) is 4.89. The molecule has 9 heteroatoms. The summed E-state index contributed by atoms with van der Waals surface area (Å²) >= 11 is 0. The lowest BCUT2D eigenvalue weighted by molar-refractivity contribution is -0.144. The Bertz CT molecular complexity index is 788. The third-order valence-corrected chi connectivity index (χ3v) is 3.94. The average molecular weight is 378 g/mol. The number of nitrogens with one attached hydrogen (secondary N) is 2. The second-order valence-corrected chi connectivity index (χ2v) is 5.80. The van der Waals surface area contributed by atoms with Crippen molar-refractivity contribution in [2.24, 2.45) is 0 Å². The van der Waals surface area contributed by atoms with Gasteiger partial charge in [0.25, 0.3) is 0 Å². The Morgan fingerprint density at radius 3 is 2.59 bits per heavy atom. The molecule has 0 unspecified atom stereocenters. The molecule has 1 aromatic carbocycles. The van der Waals surface area contributed by atoms with Gasteiger partial charge in [0.05, 0.1) is 25.3 Å². The van der Waals surface area contributed by atoms with Gasteiger partial charge in [-0.3, -0.25) is 0 Å². The fraction of sp³-hybridized carbons (Fsp3) is 0.389. The highest BCUT2D eigenvalue weighted by Gasteiger charge is 2.32. The molecule has 0 saturated heterocycles. The van der Waals surface area contributed by atoms with Crippen LogP contribution in [0.25, 0.3) is 0 Å². The average Bonchev–Trinajstić information content (AvgIpc) is 2.61. The number of carboxylic acid groups (broad SMARTS) is 1. The second kappa shape index (κ2) is 8.43. The topological polar surface area (TPSA) is 123 Å². The van der Waals surface area contributed by atoms with E-state index in [4.69, 9.17) is 19.3 Å². The SMILES string of the molecule is CCOC(=O)C1=C(C)NC(=O)N[C@@H]1c1ccc(O[C@H](C)C(=O)O)c(OC)c1. The lowest BCUT2D eigenvalue weighted by Crippen LogP contribution is -2.45. The number of aliphatic carboxylic acids is 1. The molecule has 2 amide bonds. The number of methoxy groups -OCH3 is 1. The maximum atomic E-state index is 12.3. The number of carbonyl (C=O) groups excluding carboxylic acids is 2. The van der Waals surface area contributed by atoms with E-state index in [1.54, 1.807) is 26.0 Å². The predicted octanol–water partition coefficient (Wildman–Crippen LogP) is 1.74. The first-order chi connectivity index (χ1) is 12.8. The van der Waals surface area contributed by atoms with Gasteiger partial charge in [0.15, 0.2) is 17.6 Å². The number of ether oxygens (including phenoxy) is 3. The van der Waals surface area contributed by atoms with Crippen LogP contribution in [-0.4, -0.2) is 42.9 Å². The van der Waals surface area contributed by atoms with E-state index in [0.29, 0.717) is 11.3 Å². The zero-order valence-electron chi connectivity index (χ0n) is 15.5. The first-order valence-electron chi connectivity index (χ1n) is 8.31. The van der Waals surface area contributed by atoms with E-state index in [1.807, 2.05) is 0 Å². The van der Waals surface area contributed by atoms with Crippen molar-refractivity contribution in [3.8, 4) is 11.5 Å². The number of carbonyl (C=O) groups is 3. The van der Waals surface area contributed by atoms with Crippen molar-refractivity contribution in [2.45, 2.75) is 32.9 Å². The van der Waals surface area contributed by atoms with Crippen molar-refractivity contribution >= 4 is 18.0 Å². The van der Waals surface area contributed by atoms with E-state index in [1.165, 1.54) is 20.1 Å². The lowest BCUT2D eigenvalue weighted by atomic mass is 9.95. The minimum atomic E-state index is -1.12. The summed E-state index contributed by atoms with van der Waals surface area (Å²) in [6.07, 6.45) is -1.07. The highest BCUT2D eigenvalue weighted by atomic mass is 16.5. The van der Waals surface area contributed by atoms with E-state index in [2.05, 4.69) is 10.6 Å². The monoisotopic (exact) mass is 378 g/mol. The van der Waals surface area contributed by atoms with Gasteiger partial charge in [0, 0.05) is 5.70 Å². The minimum Gasteiger partial charge on any atom is -0.493 e. The summed E-state index contributed by atoms with van der Waals surface area (Å²) in [5.41, 5.74) is 1.21. The molecule has 3 N–H and O–H groups in total. The van der Waals surface area contributed by atoms with Gasteiger partial charge in [-0.1, -0.05) is 6.07 Å². The Labute approximate surface area is 156 Å². The Kier molecular flexibility index (Phi) is 6.27. The molecule has 1 aromatic rings. The minimum absolute atomic E-state index is 0.194. The van der Waals surface area contributed by atoms with E-state index in [9.17, 15) is 14.4 Å². The van der Waals surface area contributed by atoms with E-state index in [0.717, 1.165) is 0 Å². The van der Waals surface area contributed by atoms with Crippen LogP contribution in [0.5, 0.6) is 11.5 Å². The Hall–Kier alpha value is -3.23. The van der Waals surface area contributed by atoms with Crippen molar-refractivity contribution in [1.82, 2.24) is 10.6 Å². The van der Waals surface area contributed by atoms with E-state index in [-0.39, 0.29) is 23.7 Å². The number of benzene rings is 1. The van der Waals surface area contributed by atoms with Crippen molar-refractivity contribution < 1.29 is 33.7 Å². The van der Waals surface area contributed by atoms with Crippen molar-refractivity contribution in [2.75, 3.05) is 13.7 Å². The van der Waals surface area contributed by atoms with Crippen LogP contribution in [0.4, 0.5) is 4.79 Å². The lowest BCUT2D eigenvalue weighted by Gasteiger charge is -2.28. The van der Waals surface area contributed by atoms with Crippen LogP contribution in [-0.2, 0) is 14.3 Å². The van der Waals surface area contributed by atoms with Gasteiger partial charge < -0.3 is 30.0 Å². The van der Waals surface area contributed by atoms with Crippen LogP contribution >= 0.6 is 0 Å². The molecule has 2 rings (SSSR count). The summed E-state index contributed by atoms with van der Waals surface area (Å²) in [4.78, 5) is 35.2. The molecule has 2 atom stereocenters. The summed E-state index contributed by atoms with van der Waals surface area (Å²) in [5, 5.41) is 14.2. The fourth-order valence-corrected chi connectivity index (χ4v) is 2.63. The standard InChI is InChI=1S/C18H22N2O7/c1-5-26-17(23)14-9(2)19-18(24)20-15(14)11-6-7-12(13(8-11)25-4)27-10(3)16(21)22/h6-8,10,15H,5H2,1-4H3,(H,21,22)(H2,19,20,24)/t10-,15-/m1/s1. The fourth-order valence-electron chi connectivity index (χ4n) is 2.63. The number of carboxylic acids is 1. The number of amides is 2. The van der Waals surface area contributed by atoms with Gasteiger partial charge in [-0.2, -0.15) is 0 Å². The van der Waals surface area contributed by atoms with Gasteiger partial charge in [-0.05, 0) is 38.5 Å². The van der Waals surface area contributed by atoms with Crippen LogP contribution in [0.2, 0.25) is 0 Å². The predicted molar refractivity (Wildman–Crippen MR) is 94.5 cm³/mol. The zero-order chi connectivity index (χ0) is 20.1. The number of allylic oxidation sites excluding steroid dienone is 1. The third-order valence-electron chi connectivity index (χ3n) is 3.94. The smallest absolute Gasteiger partial charge is 0.344 e. The van der Waals surface area contributed by atoms with Crippen LogP contribution < -0.4 is 20.1 Å². The molecule has 0 aromatic heterocycles. The molecular formula is C18H22N2O7.